The first-order chi connectivity index (χ1) is 12.3. The fraction of sp³-hybridized carbons (Fsp3) is 0.235. The largest absolute Gasteiger partial charge is 0.464 e. The molecule has 2 rings (SSSR count). The number of aliphatic hydroxyl groups excluding tert-OH is 1. The highest BCUT2D eigenvalue weighted by Gasteiger charge is 2.29. The van der Waals surface area contributed by atoms with Crippen LogP contribution in [0.2, 0.25) is 15.2 Å². The molecule has 2 N–H and O–H groups in total. The zero-order valence-corrected chi connectivity index (χ0v) is 16.1. The molecule has 0 saturated carbocycles. The number of carbonyl (C=O) groups is 1. The summed E-state index contributed by atoms with van der Waals surface area (Å²) in [4.78, 5) is 21.3. The number of rotatable bonds is 6. The molecule has 1 atom stereocenters. The molecule has 0 spiro atoms. The highest BCUT2D eigenvalue weighted by atomic mass is 35.5. The molecule has 1 heterocycles. The van der Waals surface area contributed by atoms with E-state index in [1.165, 1.54) is 18.2 Å². The van der Waals surface area contributed by atoms with Crippen molar-refractivity contribution < 1.29 is 15.0 Å². The molecule has 0 bridgehead atoms. The summed E-state index contributed by atoms with van der Waals surface area (Å²) < 4.78 is 0. The van der Waals surface area contributed by atoms with Gasteiger partial charge in [0.15, 0.2) is 5.82 Å². The summed E-state index contributed by atoms with van der Waals surface area (Å²) in [6.07, 6.45) is 0.638. The van der Waals surface area contributed by atoms with Crippen molar-refractivity contribution in [3.8, 4) is 0 Å². The molecule has 0 radical (unpaired) electrons. The zero-order chi connectivity index (χ0) is 19.4. The van der Waals surface area contributed by atoms with Gasteiger partial charge in [0.2, 0.25) is 0 Å². The summed E-state index contributed by atoms with van der Waals surface area (Å²) in [5.74, 6) is -0.218. The Kier molecular flexibility index (Phi) is 6.83. The Labute approximate surface area is 165 Å². The van der Waals surface area contributed by atoms with E-state index in [2.05, 4.69) is 16.5 Å². The van der Waals surface area contributed by atoms with Crippen molar-refractivity contribution in [1.29, 1.82) is 0 Å². The second-order valence-corrected chi connectivity index (χ2v) is 6.62. The molecule has 0 aliphatic heterocycles. The van der Waals surface area contributed by atoms with E-state index in [-0.39, 0.29) is 34.1 Å². The minimum atomic E-state index is -1.32. The van der Waals surface area contributed by atoms with Crippen LogP contribution in [0.25, 0.3) is 0 Å². The third kappa shape index (κ3) is 4.27. The maximum atomic E-state index is 12.0. The van der Waals surface area contributed by atoms with Crippen molar-refractivity contribution in [3.63, 3.8) is 0 Å². The van der Waals surface area contributed by atoms with Crippen molar-refractivity contribution in [2.45, 2.75) is 19.3 Å². The molecule has 26 heavy (non-hydrogen) atoms. The van der Waals surface area contributed by atoms with Crippen LogP contribution in [0.3, 0.4) is 0 Å². The fourth-order valence-corrected chi connectivity index (χ4v) is 3.36. The van der Waals surface area contributed by atoms with Crippen LogP contribution in [0, 0.1) is 6.92 Å². The Hall–Kier alpha value is -1.86. The van der Waals surface area contributed by atoms with Gasteiger partial charge < -0.3 is 10.2 Å². The normalized spacial score (nSPS) is 11.9. The van der Waals surface area contributed by atoms with E-state index in [4.69, 9.17) is 34.8 Å². The maximum absolute atomic E-state index is 12.0. The number of allylic oxidation sites excluding steroid dienone is 1. The predicted octanol–water partition coefficient (Wildman–Crippen LogP) is 5.21. The standard InChI is InChI=1S/C17H16Cl3N3O3/c1-3-4-10(8-24)14-15(20)21-9(2)22-16(14)23(17(25)26)13-6-5-11(18)7-12(13)19/h3,5-7,10,24H,1,4,8H2,2H3,(H,25,26). The van der Waals surface area contributed by atoms with Gasteiger partial charge in [0.05, 0.1) is 17.3 Å². The van der Waals surface area contributed by atoms with Crippen molar-refractivity contribution in [1.82, 2.24) is 9.97 Å². The SMILES string of the molecule is C=CCC(CO)c1c(Cl)nc(C)nc1N(C(=O)O)c1ccc(Cl)cc1Cl. The lowest BCUT2D eigenvalue weighted by Gasteiger charge is -2.25. The Morgan fingerprint density at radius 2 is 2.04 bits per heavy atom. The van der Waals surface area contributed by atoms with E-state index in [9.17, 15) is 15.0 Å². The number of amides is 1. The van der Waals surface area contributed by atoms with Gasteiger partial charge in [-0.1, -0.05) is 40.9 Å². The molecule has 1 amide bonds. The number of aryl methyl sites for hydroxylation is 1. The van der Waals surface area contributed by atoms with Crippen LogP contribution >= 0.6 is 34.8 Å². The molecule has 9 heteroatoms. The Bertz CT molecular complexity index is 845. The second-order valence-electron chi connectivity index (χ2n) is 5.42. The number of aromatic nitrogens is 2. The van der Waals surface area contributed by atoms with E-state index < -0.39 is 12.0 Å². The number of anilines is 2. The molecule has 0 saturated heterocycles. The van der Waals surface area contributed by atoms with Crippen LogP contribution in [0.1, 0.15) is 23.7 Å². The van der Waals surface area contributed by atoms with Crippen LogP contribution in [-0.4, -0.2) is 32.9 Å². The van der Waals surface area contributed by atoms with Crippen LogP contribution in [0.5, 0.6) is 0 Å². The third-order valence-electron chi connectivity index (χ3n) is 3.62. The molecule has 0 aliphatic carbocycles. The van der Waals surface area contributed by atoms with E-state index >= 15 is 0 Å². The summed E-state index contributed by atoms with van der Waals surface area (Å²) in [6.45, 7) is 4.95. The van der Waals surface area contributed by atoms with Gasteiger partial charge in [-0.25, -0.2) is 19.7 Å². The van der Waals surface area contributed by atoms with Gasteiger partial charge in [0, 0.05) is 16.5 Å². The van der Waals surface area contributed by atoms with Gasteiger partial charge in [0.25, 0.3) is 0 Å². The van der Waals surface area contributed by atoms with Crippen molar-refractivity contribution in [2.75, 3.05) is 11.5 Å². The van der Waals surface area contributed by atoms with E-state index in [1.807, 2.05) is 0 Å². The number of hydrogen-bond donors (Lipinski definition) is 2. The van der Waals surface area contributed by atoms with Gasteiger partial charge in [-0.2, -0.15) is 0 Å². The Morgan fingerprint density at radius 1 is 1.35 bits per heavy atom. The number of hydrogen-bond acceptors (Lipinski definition) is 4. The number of aliphatic hydroxyl groups is 1. The first kappa shape index (κ1) is 20.5. The zero-order valence-electron chi connectivity index (χ0n) is 13.8. The quantitative estimate of drug-likeness (QED) is 0.498. The van der Waals surface area contributed by atoms with E-state index in [1.54, 1.807) is 13.0 Å². The van der Waals surface area contributed by atoms with Gasteiger partial charge in [-0.3, -0.25) is 0 Å². The number of nitrogens with zero attached hydrogens (tertiary/aromatic N) is 3. The second kappa shape index (κ2) is 8.68. The average molecular weight is 417 g/mol. The highest BCUT2D eigenvalue weighted by molar-refractivity contribution is 6.37. The summed E-state index contributed by atoms with van der Waals surface area (Å²) in [5, 5.41) is 20.1. The molecule has 6 nitrogen and oxygen atoms in total. The van der Waals surface area contributed by atoms with Gasteiger partial charge in [-0.05, 0) is 31.5 Å². The number of benzene rings is 1. The van der Waals surface area contributed by atoms with E-state index in [0.29, 0.717) is 17.0 Å². The van der Waals surface area contributed by atoms with Crippen LogP contribution in [-0.2, 0) is 0 Å². The topological polar surface area (TPSA) is 86.6 Å². The Morgan fingerprint density at radius 3 is 2.58 bits per heavy atom. The minimum absolute atomic E-state index is 0.0279. The molecular weight excluding hydrogens is 401 g/mol. The molecule has 1 aromatic carbocycles. The predicted molar refractivity (Wildman–Crippen MR) is 103 cm³/mol. The molecule has 1 aromatic heterocycles. The first-order valence-corrected chi connectivity index (χ1v) is 8.67. The summed E-state index contributed by atoms with van der Waals surface area (Å²) in [7, 11) is 0. The molecule has 1 unspecified atom stereocenters. The summed E-state index contributed by atoms with van der Waals surface area (Å²) >= 11 is 18.4. The van der Waals surface area contributed by atoms with Crippen molar-refractivity contribution in [2.24, 2.45) is 0 Å². The number of carboxylic acid groups (broad SMARTS) is 1. The fourth-order valence-electron chi connectivity index (χ4n) is 2.51. The monoisotopic (exact) mass is 415 g/mol. The molecule has 2 aromatic rings. The summed E-state index contributed by atoms with van der Waals surface area (Å²) in [6, 6.07) is 4.41. The lowest BCUT2D eigenvalue weighted by molar-refractivity contribution is 0.204. The van der Waals surface area contributed by atoms with Gasteiger partial charge >= 0.3 is 6.09 Å². The molecule has 0 fully saturated rings. The van der Waals surface area contributed by atoms with Crippen molar-refractivity contribution >= 4 is 52.4 Å². The van der Waals surface area contributed by atoms with Gasteiger partial charge in [0.1, 0.15) is 11.0 Å². The average Bonchev–Trinajstić information content (AvgIpc) is 2.55. The van der Waals surface area contributed by atoms with Gasteiger partial charge in [-0.15, -0.1) is 6.58 Å². The smallest absolute Gasteiger partial charge is 0.417 e. The minimum Gasteiger partial charge on any atom is -0.464 e. The van der Waals surface area contributed by atoms with Crippen molar-refractivity contribution in [3.05, 3.63) is 57.4 Å². The van der Waals surface area contributed by atoms with Crippen LogP contribution in [0.4, 0.5) is 16.3 Å². The third-order valence-corrected chi connectivity index (χ3v) is 4.45. The lowest BCUT2D eigenvalue weighted by atomic mass is 9.97. The van der Waals surface area contributed by atoms with Crippen LogP contribution < -0.4 is 4.90 Å². The molecular formula is C17H16Cl3N3O3. The maximum Gasteiger partial charge on any atom is 0.417 e. The number of halogens is 3. The van der Waals surface area contributed by atoms with E-state index in [0.717, 1.165) is 4.90 Å². The highest BCUT2D eigenvalue weighted by Crippen LogP contribution is 2.39. The first-order valence-electron chi connectivity index (χ1n) is 7.54. The molecule has 138 valence electrons. The summed E-state index contributed by atoms with van der Waals surface area (Å²) in [5.41, 5.74) is 0.461. The Balaban J connectivity index is 2.76. The molecule has 0 aliphatic rings. The lowest BCUT2D eigenvalue weighted by Crippen LogP contribution is -2.28. The van der Waals surface area contributed by atoms with Crippen LogP contribution in [0.15, 0.2) is 30.9 Å².